The number of benzene rings is 1. The van der Waals surface area contributed by atoms with Crippen molar-refractivity contribution < 1.29 is 19.7 Å². The highest BCUT2D eigenvalue weighted by atomic mass is 16.5. The lowest BCUT2D eigenvalue weighted by Gasteiger charge is -2.39. The van der Waals surface area contributed by atoms with E-state index in [-0.39, 0.29) is 0 Å². The molecule has 2 bridgehead atoms. The van der Waals surface area contributed by atoms with Crippen molar-refractivity contribution in [1.29, 1.82) is 0 Å². The summed E-state index contributed by atoms with van der Waals surface area (Å²) in [6.45, 7) is 1.90. The Morgan fingerprint density at radius 3 is 2.15 bits per heavy atom. The lowest BCUT2D eigenvalue weighted by Crippen LogP contribution is -2.56. The molecule has 108 valence electrons. The number of ether oxygens (including phenoxy) is 1. The van der Waals surface area contributed by atoms with Gasteiger partial charge in [-0.1, -0.05) is 19.1 Å². The lowest BCUT2D eigenvalue weighted by atomic mass is 9.68. The molecule has 0 aromatic heterocycles. The fourth-order valence-corrected chi connectivity index (χ4v) is 4.40. The van der Waals surface area contributed by atoms with E-state index in [9.17, 15) is 15.0 Å². The fourth-order valence-electron chi connectivity index (χ4n) is 4.40. The van der Waals surface area contributed by atoms with Crippen LogP contribution in [0.3, 0.4) is 0 Å². The van der Waals surface area contributed by atoms with E-state index in [1.165, 1.54) is 0 Å². The smallest absolute Gasteiger partial charge is 0.337 e. The summed E-state index contributed by atoms with van der Waals surface area (Å²) in [5, 5.41) is 20.7. The highest BCUT2D eigenvalue weighted by Gasteiger charge is 2.74. The summed E-state index contributed by atoms with van der Waals surface area (Å²) in [4.78, 5) is 11.8. The summed E-state index contributed by atoms with van der Waals surface area (Å²) in [7, 11) is 1.60. The van der Waals surface area contributed by atoms with E-state index in [0.29, 0.717) is 0 Å². The molecule has 1 aromatic carbocycles. The zero-order chi connectivity index (χ0) is 14.6. The van der Waals surface area contributed by atoms with Crippen LogP contribution in [0.25, 0.3) is 0 Å². The largest absolute Gasteiger partial charge is 0.497 e. The Balaban J connectivity index is 2.13. The predicted molar refractivity (Wildman–Crippen MR) is 73.8 cm³/mol. The van der Waals surface area contributed by atoms with Crippen molar-refractivity contribution in [1.82, 2.24) is 0 Å². The molecule has 1 aromatic rings. The molecule has 0 aliphatic heterocycles. The fraction of sp³-hybridized carbons (Fsp3) is 0.562. The molecular formula is C16H20O4. The van der Waals surface area contributed by atoms with Crippen molar-refractivity contribution in [3.05, 3.63) is 29.8 Å². The van der Waals surface area contributed by atoms with E-state index in [2.05, 4.69) is 0 Å². The van der Waals surface area contributed by atoms with Gasteiger partial charge in [-0.3, -0.25) is 0 Å². The van der Waals surface area contributed by atoms with Crippen LogP contribution in [0.15, 0.2) is 24.3 Å². The van der Waals surface area contributed by atoms with E-state index in [4.69, 9.17) is 4.74 Å². The van der Waals surface area contributed by atoms with Gasteiger partial charge in [-0.15, -0.1) is 0 Å². The molecule has 0 spiro atoms. The average molecular weight is 276 g/mol. The molecule has 2 fully saturated rings. The van der Waals surface area contributed by atoms with E-state index >= 15 is 0 Å². The highest BCUT2D eigenvalue weighted by molar-refractivity contribution is 5.83. The maximum Gasteiger partial charge on any atom is 0.337 e. The molecule has 2 aliphatic rings. The third-order valence-electron chi connectivity index (χ3n) is 5.73. The van der Waals surface area contributed by atoms with Crippen LogP contribution in [0.1, 0.15) is 38.2 Å². The number of aliphatic hydroxyl groups is 1. The second-order valence-corrected chi connectivity index (χ2v) is 6.39. The minimum atomic E-state index is -1.67. The van der Waals surface area contributed by atoms with Gasteiger partial charge in [-0.05, 0) is 43.4 Å². The Morgan fingerprint density at radius 2 is 1.70 bits per heavy atom. The Kier molecular flexibility index (Phi) is 2.67. The van der Waals surface area contributed by atoms with Crippen molar-refractivity contribution in [3.8, 4) is 5.75 Å². The molecule has 0 radical (unpaired) electrons. The van der Waals surface area contributed by atoms with Crippen molar-refractivity contribution in [2.45, 2.75) is 43.6 Å². The number of fused-ring (bicyclic) bond motifs is 2. The molecule has 4 heteroatoms. The molecule has 1 atom stereocenters. The maximum absolute atomic E-state index is 11.8. The number of rotatable bonds is 3. The van der Waals surface area contributed by atoms with Crippen LogP contribution < -0.4 is 4.74 Å². The van der Waals surface area contributed by atoms with Crippen LogP contribution in [0.4, 0.5) is 0 Å². The number of aliphatic carboxylic acids is 1. The maximum atomic E-state index is 11.8. The minimum Gasteiger partial charge on any atom is -0.497 e. The summed E-state index contributed by atoms with van der Waals surface area (Å²) in [6.07, 6.45) is 2.95. The summed E-state index contributed by atoms with van der Waals surface area (Å²) in [5.74, 6) is -0.353. The van der Waals surface area contributed by atoms with E-state index in [1.54, 1.807) is 7.11 Å². The molecule has 0 saturated heterocycles. The van der Waals surface area contributed by atoms with Gasteiger partial charge in [0.2, 0.25) is 0 Å². The van der Waals surface area contributed by atoms with Crippen molar-refractivity contribution >= 4 is 5.97 Å². The first-order valence-electron chi connectivity index (χ1n) is 7.00. The summed E-state index contributed by atoms with van der Waals surface area (Å²) < 4.78 is 5.15. The minimum absolute atomic E-state index is 0.529. The lowest BCUT2D eigenvalue weighted by molar-refractivity contribution is -0.172. The molecule has 20 heavy (non-hydrogen) atoms. The van der Waals surface area contributed by atoms with Crippen molar-refractivity contribution in [2.24, 2.45) is 5.41 Å². The van der Waals surface area contributed by atoms with Gasteiger partial charge >= 0.3 is 5.97 Å². The molecule has 0 heterocycles. The normalized spacial score (nSPS) is 39.0. The Labute approximate surface area is 118 Å². The van der Waals surface area contributed by atoms with Gasteiger partial charge < -0.3 is 14.9 Å². The molecule has 0 amide bonds. The van der Waals surface area contributed by atoms with Crippen LogP contribution in [0.5, 0.6) is 5.75 Å². The number of carboxylic acid groups (broad SMARTS) is 1. The number of carboxylic acids is 1. The first-order chi connectivity index (χ1) is 9.39. The molecule has 2 aliphatic carbocycles. The zero-order valence-corrected chi connectivity index (χ0v) is 11.8. The summed E-state index contributed by atoms with van der Waals surface area (Å²) >= 11 is 0. The van der Waals surface area contributed by atoms with Gasteiger partial charge in [-0.25, -0.2) is 4.79 Å². The average Bonchev–Trinajstić information content (AvgIpc) is 2.83. The predicted octanol–water partition coefficient (Wildman–Crippen LogP) is 2.34. The molecular weight excluding hydrogens is 256 g/mol. The van der Waals surface area contributed by atoms with Crippen molar-refractivity contribution in [2.75, 3.05) is 7.11 Å². The Hall–Kier alpha value is -1.55. The number of methoxy groups -OCH3 is 1. The number of carbonyl (C=O) groups is 1. The van der Waals surface area contributed by atoms with Crippen LogP contribution in [0.2, 0.25) is 0 Å². The van der Waals surface area contributed by atoms with Crippen LogP contribution in [0, 0.1) is 5.41 Å². The van der Waals surface area contributed by atoms with Crippen LogP contribution in [-0.4, -0.2) is 28.9 Å². The van der Waals surface area contributed by atoms with Gasteiger partial charge in [0.25, 0.3) is 0 Å². The second-order valence-electron chi connectivity index (χ2n) is 6.39. The third kappa shape index (κ3) is 1.32. The number of hydrogen-bond acceptors (Lipinski definition) is 3. The first kappa shape index (κ1) is 13.4. The molecule has 3 rings (SSSR count). The molecule has 2 saturated carbocycles. The standard InChI is InChI=1S/C16H20O4/c1-14-7-9-15(10-8-14,16(14,19)13(17)18)11-3-5-12(20-2)6-4-11/h3-6,19H,7-10H2,1-2H3,(H,17,18). The monoisotopic (exact) mass is 276 g/mol. The van der Waals surface area contributed by atoms with Crippen molar-refractivity contribution in [3.63, 3.8) is 0 Å². The van der Waals surface area contributed by atoms with Gasteiger partial charge in [0.15, 0.2) is 5.60 Å². The molecule has 1 unspecified atom stereocenters. The number of hydrogen-bond donors (Lipinski definition) is 2. The molecule has 2 N–H and O–H groups in total. The van der Waals surface area contributed by atoms with Gasteiger partial charge in [0.05, 0.1) is 7.11 Å². The van der Waals surface area contributed by atoms with Gasteiger partial charge in [0, 0.05) is 10.8 Å². The van der Waals surface area contributed by atoms with Gasteiger partial charge in [0.1, 0.15) is 5.75 Å². The van der Waals surface area contributed by atoms with Crippen LogP contribution >= 0.6 is 0 Å². The third-order valence-corrected chi connectivity index (χ3v) is 5.73. The quantitative estimate of drug-likeness (QED) is 0.889. The van der Waals surface area contributed by atoms with Gasteiger partial charge in [-0.2, -0.15) is 0 Å². The summed E-state index contributed by atoms with van der Waals surface area (Å²) in [6, 6.07) is 7.45. The molecule has 4 nitrogen and oxygen atoms in total. The van der Waals surface area contributed by atoms with Crippen LogP contribution in [-0.2, 0) is 10.2 Å². The Bertz CT molecular complexity index is 540. The van der Waals surface area contributed by atoms with E-state index in [0.717, 1.165) is 37.0 Å². The van der Waals surface area contributed by atoms with E-state index < -0.39 is 22.4 Å². The SMILES string of the molecule is COc1ccc(C23CCC(C)(CC2)C3(O)C(=O)O)cc1. The highest BCUT2D eigenvalue weighted by Crippen LogP contribution is 2.68. The summed E-state index contributed by atoms with van der Waals surface area (Å²) in [5.41, 5.74) is -1.96. The Morgan fingerprint density at radius 1 is 1.15 bits per heavy atom. The topological polar surface area (TPSA) is 66.8 Å². The first-order valence-corrected chi connectivity index (χ1v) is 7.00. The zero-order valence-electron chi connectivity index (χ0n) is 11.8. The second kappa shape index (κ2) is 3.98. The van der Waals surface area contributed by atoms with E-state index in [1.807, 2.05) is 31.2 Å².